The van der Waals surface area contributed by atoms with Crippen molar-refractivity contribution in [1.82, 2.24) is 9.99 Å². The third-order valence-corrected chi connectivity index (χ3v) is 2.00. The van der Waals surface area contributed by atoms with Gasteiger partial charge in [0.25, 0.3) is 5.91 Å². The van der Waals surface area contributed by atoms with Gasteiger partial charge in [-0.1, -0.05) is 0 Å². The molecule has 0 aliphatic carbocycles. The van der Waals surface area contributed by atoms with E-state index in [9.17, 15) is 4.79 Å². The van der Waals surface area contributed by atoms with Gasteiger partial charge in [-0.15, -0.1) is 0 Å². The third kappa shape index (κ3) is 1.89. The Labute approximate surface area is 77.7 Å². The quantitative estimate of drug-likeness (QED) is 0.406. The molecule has 0 spiro atoms. The molecule has 0 radical (unpaired) electrons. The van der Waals surface area contributed by atoms with Crippen LogP contribution in [-0.2, 0) is 0 Å². The summed E-state index contributed by atoms with van der Waals surface area (Å²) in [6, 6.07) is 2.18. The van der Waals surface area contributed by atoms with E-state index in [2.05, 4.69) is 19.3 Å². The van der Waals surface area contributed by atoms with E-state index in [0.29, 0.717) is 11.6 Å². The summed E-state index contributed by atoms with van der Waals surface area (Å²) < 4.78 is 2.03. The van der Waals surface area contributed by atoms with Crippen molar-refractivity contribution in [3.8, 4) is 0 Å². The molecule has 72 valence electrons. The van der Waals surface area contributed by atoms with E-state index in [-0.39, 0.29) is 5.91 Å². The summed E-state index contributed by atoms with van der Waals surface area (Å²) in [5.41, 5.74) is 3.78. The number of amides is 1. The van der Waals surface area contributed by atoms with E-state index >= 15 is 0 Å². The number of nitrogens with one attached hydrogen (secondary N) is 1. The first kappa shape index (κ1) is 9.80. The number of carbonyl (C=O) groups excluding carboxylic acids is 1. The number of aryl methyl sites for hydroxylation is 1. The van der Waals surface area contributed by atoms with Crippen molar-refractivity contribution >= 4 is 5.91 Å². The van der Waals surface area contributed by atoms with Crippen LogP contribution in [0, 0.1) is 6.92 Å². The molecule has 0 unspecified atom stereocenters. The van der Waals surface area contributed by atoms with Gasteiger partial charge in [-0.2, -0.15) is 0 Å². The standard InChI is InChI=1S/C9H15N3O/c1-6(2)12-5-8(4-7(12)3)9(13)11-10/h4-6H,10H2,1-3H3,(H,11,13). The Morgan fingerprint density at radius 2 is 2.23 bits per heavy atom. The van der Waals surface area contributed by atoms with Crippen LogP contribution in [0.4, 0.5) is 0 Å². The van der Waals surface area contributed by atoms with Crippen LogP contribution >= 0.6 is 0 Å². The molecule has 1 amide bonds. The summed E-state index contributed by atoms with van der Waals surface area (Å²) in [5, 5.41) is 0. The molecule has 1 heterocycles. The second-order valence-corrected chi connectivity index (χ2v) is 3.34. The smallest absolute Gasteiger partial charge is 0.266 e. The maximum absolute atomic E-state index is 11.2. The molecule has 1 rings (SSSR count). The molecule has 4 heteroatoms. The van der Waals surface area contributed by atoms with Crippen molar-refractivity contribution in [2.24, 2.45) is 5.84 Å². The number of nitrogens with two attached hydrogens (primary N) is 1. The van der Waals surface area contributed by atoms with Crippen LogP contribution in [0.2, 0.25) is 0 Å². The van der Waals surface area contributed by atoms with E-state index < -0.39 is 0 Å². The van der Waals surface area contributed by atoms with Crippen LogP contribution in [0.1, 0.15) is 35.9 Å². The number of hydrogen-bond donors (Lipinski definition) is 2. The first-order valence-electron chi connectivity index (χ1n) is 4.25. The van der Waals surface area contributed by atoms with E-state index in [1.54, 1.807) is 0 Å². The summed E-state index contributed by atoms with van der Waals surface area (Å²) in [5.74, 6) is 4.78. The Balaban J connectivity index is 3.02. The van der Waals surface area contributed by atoms with Crippen LogP contribution in [0.5, 0.6) is 0 Å². The largest absolute Gasteiger partial charge is 0.348 e. The molecule has 0 bridgehead atoms. The number of hydrazine groups is 1. The van der Waals surface area contributed by atoms with Crippen LogP contribution < -0.4 is 11.3 Å². The van der Waals surface area contributed by atoms with Gasteiger partial charge in [-0.25, -0.2) is 5.84 Å². The van der Waals surface area contributed by atoms with Gasteiger partial charge in [0.2, 0.25) is 0 Å². The lowest BCUT2D eigenvalue weighted by atomic mass is 10.3. The number of rotatable bonds is 2. The molecule has 1 aromatic rings. The third-order valence-electron chi connectivity index (χ3n) is 2.00. The molecule has 0 aromatic carbocycles. The SMILES string of the molecule is Cc1cc(C(=O)NN)cn1C(C)C. The summed E-state index contributed by atoms with van der Waals surface area (Å²) in [4.78, 5) is 11.2. The Kier molecular flexibility index (Phi) is 2.72. The van der Waals surface area contributed by atoms with Crippen LogP contribution in [0.25, 0.3) is 0 Å². The highest BCUT2D eigenvalue weighted by Crippen LogP contribution is 2.13. The normalized spacial score (nSPS) is 10.5. The molecule has 0 aliphatic rings. The van der Waals surface area contributed by atoms with Crippen molar-refractivity contribution in [1.29, 1.82) is 0 Å². The molecule has 4 nitrogen and oxygen atoms in total. The molecule has 1 aromatic heterocycles. The lowest BCUT2D eigenvalue weighted by Gasteiger charge is -2.08. The van der Waals surface area contributed by atoms with Gasteiger partial charge in [0.05, 0.1) is 5.56 Å². The fraction of sp³-hybridized carbons (Fsp3) is 0.444. The molecule has 0 saturated heterocycles. The highest BCUT2D eigenvalue weighted by Gasteiger charge is 2.09. The van der Waals surface area contributed by atoms with E-state index in [1.165, 1.54) is 0 Å². The van der Waals surface area contributed by atoms with Crippen molar-refractivity contribution < 1.29 is 4.79 Å². The second kappa shape index (κ2) is 3.62. The Hall–Kier alpha value is -1.29. The molecule has 0 saturated carbocycles. The second-order valence-electron chi connectivity index (χ2n) is 3.34. The number of nitrogen functional groups attached to an aromatic ring is 1. The first-order chi connectivity index (χ1) is 6.06. The van der Waals surface area contributed by atoms with Crippen molar-refractivity contribution in [3.63, 3.8) is 0 Å². The Bertz CT molecular complexity index is 315. The lowest BCUT2D eigenvalue weighted by molar-refractivity contribution is 0.0953. The lowest BCUT2D eigenvalue weighted by Crippen LogP contribution is -2.29. The maximum Gasteiger partial charge on any atom is 0.266 e. The van der Waals surface area contributed by atoms with Crippen molar-refractivity contribution in [3.05, 3.63) is 23.5 Å². The number of aromatic nitrogens is 1. The van der Waals surface area contributed by atoms with Gasteiger partial charge in [-0.05, 0) is 26.8 Å². The predicted octanol–water partition coefficient (Wildman–Crippen LogP) is 0.981. The van der Waals surface area contributed by atoms with Gasteiger partial charge in [0.15, 0.2) is 0 Å². The van der Waals surface area contributed by atoms with Crippen molar-refractivity contribution in [2.45, 2.75) is 26.8 Å². The number of carbonyl (C=O) groups is 1. The van der Waals surface area contributed by atoms with E-state index in [1.807, 2.05) is 23.8 Å². The monoisotopic (exact) mass is 181 g/mol. The molecule has 0 atom stereocenters. The van der Waals surface area contributed by atoms with Crippen LogP contribution in [-0.4, -0.2) is 10.5 Å². The minimum absolute atomic E-state index is 0.248. The van der Waals surface area contributed by atoms with Gasteiger partial charge in [0.1, 0.15) is 0 Å². The first-order valence-corrected chi connectivity index (χ1v) is 4.25. The Morgan fingerprint density at radius 3 is 2.62 bits per heavy atom. The van der Waals surface area contributed by atoms with Crippen LogP contribution in [0.3, 0.4) is 0 Å². The topological polar surface area (TPSA) is 60.1 Å². The molecule has 3 N–H and O–H groups in total. The zero-order valence-corrected chi connectivity index (χ0v) is 8.16. The summed E-state index contributed by atoms with van der Waals surface area (Å²) >= 11 is 0. The van der Waals surface area contributed by atoms with Crippen LogP contribution in [0.15, 0.2) is 12.3 Å². The molecular weight excluding hydrogens is 166 g/mol. The minimum Gasteiger partial charge on any atom is -0.348 e. The highest BCUT2D eigenvalue weighted by molar-refractivity contribution is 5.93. The molecular formula is C9H15N3O. The number of hydrogen-bond acceptors (Lipinski definition) is 2. The van der Waals surface area contributed by atoms with Gasteiger partial charge < -0.3 is 4.57 Å². The zero-order valence-electron chi connectivity index (χ0n) is 8.16. The van der Waals surface area contributed by atoms with E-state index in [4.69, 9.17) is 5.84 Å². The number of nitrogens with zero attached hydrogens (tertiary/aromatic N) is 1. The van der Waals surface area contributed by atoms with Gasteiger partial charge in [0, 0.05) is 17.9 Å². The minimum atomic E-state index is -0.248. The molecule has 0 fully saturated rings. The average molecular weight is 181 g/mol. The van der Waals surface area contributed by atoms with Crippen molar-refractivity contribution in [2.75, 3.05) is 0 Å². The van der Waals surface area contributed by atoms with E-state index in [0.717, 1.165) is 5.69 Å². The average Bonchev–Trinajstić information content (AvgIpc) is 2.46. The fourth-order valence-corrected chi connectivity index (χ4v) is 1.35. The Morgan fingerprint density at radius 1 is 1.62 bits per heavy atom. The van der Waals surface area contributed by atoms with Gasteiger partial charge >= 0.3 is 0 Å². The summed E-state index contributed by atoms with van der Waals surface area (Å²) in [7, 11) is 0. The molecule has 0 aliphatic heterocycles. The fourth-order valence-electron chi connectivity index (χ4n) is 1.35. The summed E-state index contributed by atoms with van der Waals surface area (Å²) in [6.45, 7) is 6.10. The summed E-state index contributed by atoms with van der Waals surface area (Å²) in [6.07, 6.45) is 1.81. The predicted molar refractivity (Wildman–Crippen MR) is 51.2 cm³/mol. The zero-order chi connectivity index (χ0) is 10.0. The maximum atomic E-state index is 11.2. The van der Waals surface area contributed by atoms with Gasteiger partial charge in [-0.3, -0.25) is 10.2 Å². The molecule has 13 heavy (non-hydrogen) atoms. The highest BCUT2D eigenvalue weighted by atomic mass is 16.2.